The second-order valence-electron chi connectivity index (χ2n) is 6.29. The first-order valence-electron chi connectivity index (χ1n) is 7.77. The van der Waals surface area contributed by atoms with Gasteiger partial charge in [0.2, 0.25) is 5.91 Å². The van der Waals surface area contributed by atoms with E-state index in [0.717, 1.165) is 45.6 Å². The molecule has 0 aromatic rings. The minimum atomic E-state index is -0.390. The third-order valence-electron chi connectivity index (χ3n) is 4.96. The molecule has 0 bridgehead atoms. The monoisotopic (exact) mass is 320 g/mol. The van der Waals surface area contributed by atoms with E-state index in [4.69, 9.17) is 15.2 Å². The lowest BCUT2D eigenvalue weighted by Gasteiger charge is -2.42. The van der Waals surface area contributed by atoms with Gasteiger partial charge in [-0.1, -0.05) is 6.42 Å². The highest BCUT2D eigenvalue weighted by Gasteiger charge is 2.37. The molecule has 1 unspecified atom stereocenters. The standard InChI is InChI=1S/C15H28N2O3.ClH/c1-19-10-7-15(5-2-6-15)11-17-14(18)13(16)12-3-8-20-9-4-12;/h12-13H,2-11,16H2,1H3,(H,17,18);1H. The first kappa shape index (κ1) is 18.7. The normalized spacial score (nSPS) is 22.8. The van der Waals surface area contributed by atoms with Crippen LogP contribution in [0.4, 0.5) is 0 Å². The molecule has 5 nitrogen and oxygen atoms in total. The van der Waals surface area contributed by atoms with Crippen LogP contribution in [0.3, 0.4) is 0 Å². The molecule has 0 aromatic heterocycles. The Morgan fingerprint density at radius 1 is 1.43 bits per heavy atom. The van der Waals surface area contributed by atoms with E-state index in [1.165, 1.54) is 19.3 Å². The number of nitrogens with one attached hydrogen (secondary N) is 1. The number of halogens is 1. The molecule has 1 amide bonds. The molecule has 1 aliphatic carbocycles. The van der Waals surface area contributed by atoms with Crippen LogP contribution in [0.25, 0.3) is 0 Å². The Morgan fingerprint density at radius 2 is 2.10 bits per heavy atom. The largest absolute Gasteiger partial charge is 0.385 e. The summed E-state index contributed by atoms with van der Waals surface area (Å²) in [4.78, 5) is 12.2. The van der Waals surface area contributed by atoms with Gasteiger partial charge in [-0.25, -0.2) is 0 Å². The fourth-order valence-electron chi connectivity index (χ4n) is 3.19. The summed E-state index contributed by atoms with van der Waals surface area (Å²) < 4.78 is 10.5. The van der Waals surface area contributed by atoms with E-state index >= 15 is 0 Å². The van der Waals surface area contributed by atoms with E-state index in [9.17, 15) is 4.79 Å². The number of amides is 1. The van der Waals surface area contributed by atoms with Gasteiger partial charge in [0.05, 0.1) is 6.04 Å². The number of methoxy groups -OCH3 is 1. The average molecular weight is 321 g/mol. The van der Waals surface area contributed by atoms with Crippen molar-refractivity contribution in [3.8, 4) is 0 Å². The molecule has 2 aliphatic rings. The first-order valence-corrected chi connectivity index (χ1v) is 7.77. The van der Waals surface area contributed by atoms with Crippen LogP contribution in [0.5, 0.6) is 0 Å². The Morgan fingerprint density at radius 3 is 2.62 bits per heavy atom. The van der Waals surface area contributed by atoms with Crippen LogP contribution < -0.4 is 11.1 Å². The molecule has 0 spiro atoms. The van der Waals surface area contributed by atoms with Crippen molar-refractivity contribution in [1.82, 2.24) is 5.32 Å². The molecule has 1 saturated heterocycles. The van der Waals surface area contributed by atoms with Crippen molar-refractivity contribution in [2.45, 2.75) is 44.6 Å². The predicted octanol–water partition coefficient (Wildman–Crippen LogP) is 1.49. The molecule has 1 aliphatic heterocycles. The summed E-state index contributed by atoms with van der Waals surface area (Å²) in [6.45, 7) is 2.96. The van der Waals surface area contributed by atoms with Gasteiger partial charge in [0, 0.05) is 33.5 Å². The zero-order valence-corrected chi connectivity index (χ0v) is 13.8. The van der Waals surface area contributed by atoms with Gasteiger partial charge in [-0.05, 0) is 43.4 Å². The third kappa shape index (κ3) is 5.09. The van der Waals surface area contributed by atoms with Crippen LogP contribution >= 0.6 is 12.4 Å². The van der Waals surface area contributed by atoms with Gasteiger partial charge in [0.25, 0.3) is 0 Å². The number of ether oxygens (including phenoxy) is 2. The topological polar surface area (TPSA) is 73.6 Å². The molecule has 2 fully saturated rings. The number of nitrogens with two attached hydrogens (primary N) is 1. The minimum Gasteiger partial charge on any atom is -0.385 e. The van der Waals surface area contributed by atoms with Crippen molar-refractivity contribution >= 4 is 18.3 Å². The zero-order chi connectivity index (χ0) is 14.4. The van der Waals surface area contributed by atoms with E-state index in [2.05, 4.69) is 5.32 Å². The van der Waals surface area contributed by atoms with E-state index < -0.39 is 6.04 Å². The second kappa shape index (κ2) is 8.93. The number of carbonyl (C=O) groups is 1. The number of rotatable bonds is 7. The molecular weight excluding hydrogens is 292 g/mol. The molecule has 1 heterocycles. The molecule has 2 rings (SSSR count). The van der Waals surface area contributed by atoms with E-state index in [0.29, 0.717) is 0 Å². The molecule has 0 aromatic carbocycles. The van der Waals surface area contributed by atoms with E-state index in [-0.39, 0.29) is 29.6 Å². The summed E-state index contributed by atoms with van der Waals surface area (Å²) in [5.74, 6) is 0.264. The van der Waals surface area contributed by atoms with Crippen molar-refractivity contribution in [1.29, 1.82) is 0 Å². The van der Waals surface area contributed by atoms with Crippen LogP contribution in [0.15, 0.2) is 0 Å². The lowest BCUT2D eigenvalue weighted by atomic mass is 9.66. The van der Waals surface area contributed by atoms with Crippen molar-refractivity contribution in [2.75, 3.05) is 33.5 Å². The van der Waals surface area contributed by atoms with Crippen molar-refractivity contribution in [3.63, 3.8) is 0 Å². The van der Waals surface area contributed by atoms with Crippen LogP contribution in [0.1, 0.15) is 38.5 Å². The second-order valence-corrected chi connectivity index (χ2v) is 6.29. The Kier molecular flexibility index (Phi) is 7.95. The van der Waals surface area contributed by atoms with Crippen molar-refractivity contribution in [2.24, 2.45) is 17.1 Å². The van der Waals surface area contributed by atoms with Gasteiger partial charge in [-0.15, -0.1) is 12.4 Å². The van der Waals surface area contributed by atoms with Crippen LogP contribution in [-0.2, 0) is 14.3 Å². The highest BCUT2D eigenvalue weighted by atomic mass is 35.5. The predicted molar refractivity (Wildman–Crippen MR) is 84.6 cm³/mol. The van der Waals surface area contributed by atoms with Gasteiger partial charge in [-0.2, -0.15) is 0 Å². The Bertz CT molecular complexity index is 318. The minimum absolute atomic E-state index is 0. The molecule has 6 heteroatoms. The summed E-state index contributed by atoms with van der Waals surface area (Å²) in [5.41, 5.74) is 6.34. The van der Waals surface area contributed by atoms with Gasteiger partial charge in [-0.3, -0.25) is 4.79 Å². The maximum absolute atomic E-state index is 12.2. The quantitative estimate of drug-likeness (QED) is 0.745. The molecule has 1 atom stereocenters. The molecule has 124 valence electrons. The lowest BCUT2D eigenvalue weighted by Crippen LogP contribution is -2.51. The Hall–Kier alpha value is -0.360. The SMILES string of the molecule is COCCC1(CNC(=O)C(N)C2CCOCC2)CCC1.Cl. The zero-order valence-electron chi connectivity index (χ0n) is 12.9. The Balaban J connectivity index is 0.00000220. The number of hydrogen-bond acceptors (Lipinski definition) is 4. The molecule has 1 saturated carbocycles. The lowest BCUT2D eigenvalue weighted by molar-refractivity contribution is -0.125. The number of hydrogen-bond donors (Lipinski definition) is 2. The Labute approximate surface area is 133 Å². The van der Waals surface area contributed by atoms with E-state index in [1.807, 2.05) is 0 Å². The first-order chi connectivity index (χ1) is 9.67. The third-order valence-corrected chi connectivity index (χ3v) is 4.96. The van der Waals surface area contributed by atoms with Gasteiger partial charge in [0.15, 0.2) is 0 Å². The highest BCUT2D eigenvalue weighted by molar-refractivity contribution is 5.85. The van der Waals surface area contributed by atoms with Crippen LogP contribution in [0, 0.1) is 11.3 Å². The average Bonchev–Trinajstić information content (AvgIpc) is 2.45. The fourth-order valence-corrected chi connectivity index (χ4v) is 3.19. The van der Waals surface area contributed by atoms with Crippen LogP contribution in [-0.4, -0.2) is 45.4 Å². The molecule has 21 heavy (non-hydrogen) atoms. The smallest absolute Gasteiger partial charge is 0.237 e. The van der Waals surface area contributed by atoms with E-state index in [1.54, 1.807) is 7.11 Å². The summed E-state index contributed by atoms with van der Waals surface area (Å²) in [6.07, 6.45) is 6.43. The van der Waals surface area contributed by atoms with Gasteiger partial charge >= 0.3 is 0 Å². The van der Waals surface area contributed by atoms with Crippen LogP contribution in [0.2, 0.25) is 0 Å². The summed E-state index contributed by atoms with van der Waals surface area (Å²) in [6, 6.07) is -0.390. The molecule has 3 N–H and O–H groups in total. The number of carbonyl (C=O) groups excluding carboxylic acids is 1. The molecule has 0 radical (unpaired) electrons. The fraction of sp³-hybridized carbons (Fsp3) is 0.933. The van der Waals surface area contributed by atoms with Gasteiger partial charge < -0.3 is 20.5 Å². The summed E-state index contributed by atoms with van der Waals surface area (Å²) in [7, 11) is 1.73. The van der Waals surface area contributed by atoms with Gasteiger partial charge in [0.1, 0.15) is 0 Å². The summed E-state index contributed by atoms with van der Waals surface area (Å²) >= 11 is 0. The van der Waals surface area contributed by atoms with Crippen molar-refractivity contribution < 1.29 is 14.3 Å². The maximum Gasteiger partial charge on any atom is 0.237 e. The maximum atomic E-state index is 12.2. The highest BCUT2D eigenvalue weighted by Crippen LogP contribution is 2.43. The summed E-state index contributed by atoms with van der Waals surface area (Å²) in [5, 5.41) is 3.07. The van der Waals surface area contributed by atoms with Crippen molar-refractivity contribution in [3.05, 3.63) is 0 Å². The molecular formula is C15H29ClN2O3.